The number of hydrogen-bond donors (Lipinski definition) is 2. The highest BCUT2D eigenvalue weighted by molar-refractivity contribution is 5.88. The molecule has 4 rings (SSSR count). The van der Waals surface area contributed by atoms with Crippen LogP contribution in [0.15, 0.2) is 54.6 Å². The van der Waals surface area contributed by atoms with E-state index in [2.05, 4.69) is 48.1 Å². The number of aromatic amines is 1. The van der Waals surface area contributed by atoms with Gasteiger partial charge in [0.05, 0.1) is 5.56 Å². The van der Waals surface area contributed by atoms with Crippen LogP contribution in [0.25, 0.3) is 22.5 Å². The minimum Gasteiger partial charge on any atom is -0.478 e. The Morgan fingerprint density at radius 1 is 1.04 bits per heavy atom. The molecule has 2 heterocycles. The molecule has 0 saturated heterocycles. The van der Waals surface area contributed by atoms with Gasteiger partial charge in [-0.3, -0.25) is 0 Å². The van der Waals surface area contributed by atoms with Gasteiger partial charge in [0, 0.05) is 30.7 Å². The molecule has 1 unspecified atom stereocenters. The van der Waals surface area contributed by atoms with Crippen molar-refractivity contribution in [1.29, 1.82) is 0 Å². The molecule has 2 N–H and O–H groups in total. The van der Waals surface area contributed by atoms with Crippen molar-refractivity contribution in [3.63, 3.8) is 0 Å². The van der Waals surface area contributed by atoms with Crippen LogP contribution in [-0.2, 0) is 0 Å². The van der Waals surface area contributed by atoms with Gasteiger partial charge in [0.25, 0.3) is 0 Å². The molecule has 3 aromatic rings. The van der Waals surface area contributed by atoms with Crippen LogP contribution in [0, 0.1) is 0 Å². The molecule has 0 aliphatic carbocycles. The molecule has 138 valence electrons. The topological polar surface area (TPSA) is 56.3 Å². The molecule has 2 aromatic carbocycles. The maximum Gasteiger partial charge on any atom is 0.335 e. The van der Waals surface area contributed by atoms with E-state index in [1.807, 2.05) is 18.2 Å². The van der Waals surface area contributed by atoms with E-state index in [1.165, 1.54) is 29.7 Å². The first kappa shape index (κ1) is 17.4. The third-order valence-electron chi connectivity index (χ3n) is 5.54. The van der Waals surface area contributed by atoms with Crippen LogP contribution in [0.2, 0.25) is 0 Å². The fourth-order valence-electron chi connectivity index (χ4n) is 3.90. The molecular weight excluding hydrogens is 336 g/mol. The number of nitrogens with zero attached hydrogens (tertiary/aromatic N) is 1. The summed E-state index contributed by atoms with van der Waals surface area (Å²) in [7, 11) is 2.17. The summed E-state index contributed by atoms with van der Waals surface area (Å²) < 4.78 is 0. The molecule has 1 aromatic heterocycles. The zero-order valence-electron chi connectivity index (χ0n) is 15.7. The molecule has 1 aliphatic rings. The Labute approximate surface area is 159 Å². The second-order valence-corrected chi connectivity index (χ2v) is 7.41. The van der Waals surface area contributed by atoms with Crippen molar-refractivity contribution in [2.45, 2.75) is 25.7 Å². The molecule has 0 amide bonds. The lowest BCUT2D eigenvalue weighted by Crippen LogP contribution is -2.17. The van der Waals surface area contributed by atoms with Gasteiger partial charge < -0.3 is 15.0 Å². The van der Waals surface area contributed by atoms with Crippen molar-refractivity contribution < 1.29 is 9.90 Å². The Kier molecular flexibility index (Phi) is 4.48. The molecule has 0 spiro atoms. The minimum absolute atomic E-state index is 0.300. The number of carboxylic acids is 1. The van der Waals surface area contributed by atoms with Gasteiger partial charge in [0.15, 0.2) is 0 Å². The lowest BCUT2D eigenvalue weighted by molar-refractivity contribution is 0.0697. The maximum atomic E-state index is 11.0. The molecule has 27 heavy (non-hydrogen) atoms. The number of hydrogen-bond acceptors (Lipinski definition) is 2. The van der Waals surface area contributed by atoms with Gasteiger partial charge in [-0.1, -0.05) is 25.1 Å². The average Bonchev–Trinajstić information content (AvgIpc) is 3.12. The third kappa shape index (κ3) is 3.35. The van der Waals surface area contributed by atoms with Crippen LogP contribution < -0.4 is 4.90 Å². The first-order valence-corrected chi connectivity index (χ1v) is 9.41. The molecule has 4 heteroatoms. The van der Waals surface area contributed by atoms with E-state index < -0.39 is 5.97 Å². The standard InChI is InChI=1S/C23H24N2O2/c1-15-4-3-13-25(2)22-12-9-18(14-19(15)22)21-11-10-20(24-21)16-5-7-17(8-6-16)23(26)27/h5-12,14-15,24H,3-4,13H2,1-2H3,(H,26,27). The molecule has 4 nitrogen and oxygen atoms in total. The van der Waals surface area contributed by atoms with Gasteiger partial charge in [-0.25, -0.2) is 4.79 Å². The molecule has 0 fully saturated rings. The zero-order valence-corrected chi connectivity index (χ0v) is 15.7. The summed E-state index contributed by atoms with van der Waals surface area (Å²) in [5, 5.41) is 9.04. The highest BCUT2D eigenvalue weighted by Gasteiger charge is 2.19. The summed E-state index contributed by atoms with van der Waals surface area (Å²) in [5.74, 6) is -0.347. The number of nitrogens with one attached hydrogen (secondary N) is 1. The highest BCUT2D eigenvalue weighted by atomic mass is 16.4. The molecule has 0 radical (unpaired) electrons. The normalized spacial score (nSPS) is 16.7. The largest absolute Gasteiger partial charge is 0.478 e. The highest BCUT2D eigenvalue weighted by Crippen LogP contribution is 2.36. The van der Waals surface area contributed by atoms with E-state index in [9.17, 15) is 4.79 Å². The van der Waals surface area contributed by atoms with Crippen molar-refractivity contribution in [1.82, 2.24) is 4.98 Å². The summed E-state index contributed by atoms with van der Waals surface area (Å²) in [5.41, 5.74) is 7.28. The monoisotopic (exact) mass is 360 g/mol. The molecule has 0 saturated carbocycles. The minimum atomic E-state index is -0.905. The van der Waals surface area contributed by atoms with E-state index in [0.717, 1.165) is 23.5 Å². The van der Waals surface area contributed by atoms with Gasteiger partial charge in [0.2, 0.25) is 0 Å². The summed E-state index contributed by atoms with van der Waals surface area (Å²) in [4.78, 5) is 16.9. The average molecular weight is 360 g/mol. The zero-order chi connectivity index (χ0) is 19.0. The number of aromatic nitrogens is 1. The summed E-state index contributed by atoms with van der Waals surface area (Å²) in [6.07, 6.45) is 2.44. The van der Waals surface area contributed by atoms with Crippen molar-refractivity contribution in [3.8, 4) is 22.5 Å². The van der Waals surface area contributed by atoms with Crippen LogP contribution in [0.4, 0.5) is 5.69 Å². The van der Waals surface area contributed by atoms with Crippen LogP contribution in [-0.4, -0.2) is 29.7 Å². The van der Waals surface area contributed by atoms with Crippen molar-refractivity contribution >= 4 is 11.7 Å². The number of rotatable bonds is 3. The Morgan fingerprint density at radius 2 is 1.70 bits per heavy atom. The van der Waals surface area contributed by atoms with E-state index in [-0.39, 0.29) is 0 Å². The Morgan fingerprint density at radius 3 is 2.41 bits per heavy atom. The Hall–Kier alpha value is -3.01. The van der Waals surface area contributed by atoms with Crippen LogP contribution in [0.5, 0.6) is 0 Å². The SMILES string of the molecule is CC1CCCN(C)c2ccc(-c3ccc(-c4ccc(C(=O)O)cc4)[nH]3)cc21. The second kappa shape index (κ2) is 6.95. The number of carbonyl (C=O) groups is 1. The van der Waals surface area contributed by atoms with Crippen LogP contribution in [0.1, 0.15) is 41.6 Å². The molecular formula is C23H24N2O2. The van der Waals surface area contributed by atoms with E-state index >= 15 is 0 Å². The summed E-state index contributed by atoms with van der Waals surface area (Å²) >= 11 is 0. The van der Waals surface area contributed by atoms with E-state index in [4.69, 9.17) is 5.11 Å². The number of H-pyrrole nitrogens is 1. The molecule has 1 atom stereocenters. The van der Waals surface area contributed by atoms with Gasteiger partial charge in [-0.15, -0.1) is 0 Å². The lowest BCUT2D eigenvalue weighted by atomic mass is 9.94. The van der Waals surface area contributed by atoms with Gasteiger partial charge in [0.1, 0.15) is 0 Å². The predicted octanol–water partition coefficient (Wildman–Crippen LogP) is 5.38. The number of carboxylic acid groups (broad SMARTS) is 1. The number of aromatic carboxylic acids is 1. The third-order valence-corrected chi connectivity index (χ3v) is 5.54. The first-order chi connectivity index (χ1) is 13.0. The van der Waals surface area contributed by atoms with Crippen molar-refractivity contribution in [2.24, 2.45) is 0 Å². The molecule has 0 bridgehead atoms. The quantitative estimate of drug-likeness (QED) is 0.659. The van der Waals surface area contributed by atoms with E-state index in [0.29, 0.717) is 11.5 Å². The maximum absolute atomic E-state index is 11.0. The Bertz CT molecular complexity index is 972. The van der Waals surface area contributed by atoms with Gasteiger partial charge in [-0.05, 0) is 71.8 Å². The van der Waals surface area contributed by atoms with E-state index in [1.54, 1.807) is 12.1 Å². The lowest BCUT2D eigenvalue weighted by Gasteiger charge is -2.21. The van der Waals surface area contributed by atoms with Crippen molar-refractivity contribution in [3.05, 3.63) is 65.7 Å². The molecule has 1 aliphatic heterocycles. The smallest absolute Gasteiger partial charge is 0.335 e. The second-order valence-electron chi connectivity index (χ2n) is 7.41. The van der Waals surface area contributed by atoms with Crippen molar-refractivity contribution in [2.75, 3.05) is 18.5 Å². The number of benzene rings is 2. The van der Waals surface area contributed by atoms with Crippen LogP contribution >= 0.6 is 0 Å². The number of fused-ring (bicyclic) bond motifs is 1. The van der Waals surface area contributed by atoms with Gasteiger partial charge in [-0.2, -0.15) is 0 Å². The summed E-state index contributed by atoms with van der Waals surface area (Å²) in [6, 6.07) is 17.8. The predicted molar refractivity (Wildman–Crippen MR) is 110 cm³/mol. The fraction of sp³-hybridized carbons (Fsp3) is 0.261. The van der Waals surface area contributed by atoms with Crippen LogP contribution in [0.3, 0.4) is 0 Å². The first-order valence-electron chi connectivity index (χ1n) is 9.41. The fourth-order valence-corrected chi connectivity index (χ4v) is 3.90. The number of anilines is 1. The Balaban J connectivity index is 1.66. The van der Waals surface area contributed by atoms with Gasteiger partial charge >= 0.3 is 5.97 Å². The summed E-state index contributed by atoms with van der Waals surface area (Å²) in [6.45, 7) is 3.42.